The van der Waals surface area contributed by atoms with Crippen molar-refractivity contribution in [2.24, 2.45) is 0 Å². The van der Waals surface area contributed by atoms with Crippen molar-refractivity contribution in [3.05, 3.63) is 55.1 Å². The molecule has 1 fully saturated rings. The van der Waals surface area contributed by atoms with E-state index in [0.29, 0.717) is 5.69 Å². The fraction of sp³-hybridized carbons (Fsp3) is 0.208. The van der Waals surface area contributed by atoms with Gasteiger partial charge in [-0.2, -0.15) is 5.10 Å². The van der Waals surface area contributed by atoms with E-state index in [2.05, 4.69) is 48.2 Å². The topological polar surface area (TPSA) is 99.5 Å². The molecule has 0 aliphatic carbocycles. The summed E-state index contributed by atoms with van der Waals surface area (Å²) in [5.74, 6) is 0. The lowest BCUT2D eigenvalue weighted by molar-refractivity contribution is 0.578. The molecule has 5 heterocycles. The first-order valence-electron chi connectivity index (χ1n) is 10.7. The Labute approximate surface area is 179 Å². The summed E-state index contributed by atoms with van der Waals surface area (Å²) in [6, 6.07) is 10.4. The number of pyridine rings is 2. The molecule has 0 saturated carbocycles. The highest BCUT2D eigenvalue weighted by atomic mass is 15.1. The van der Waals surface area contributed by atoms with Gasteiger partial charge in [0.25, 0.3) is 0 Å². The Kier molecular flexibility index (Phi) is 4.12. The standard InChI is InChI=1S/C24H23N7/c25-17-8-16(11-26-12-17)15-4-5-20-19(9-15)24(30-29-20)21-10-18-22(28-21)13-27-14-23(18)31-6-2-1-3-7-31/h4-5,8-14,28H,1-3,6-7,25H2,(H,29,30). The lowest BCUT2D eigenvalue weighted by Crippen LogP contribution is -2.29. The molecular weight excluding hydrogens is 386 g/mol. The maximum atomic E-state index is 5.93. The molecule has 154 valence electrons. The molecule has 5 aromatic rings. The average Bonchev–Trinajstić information content (AvgIpc) is 3.43. The van der Waals surface area contributed by atoms with Crippen LogP contribution in [0.15, 0.2) is 55.1 Å². The molecule has 0 amide bonds. The van der Waals surface area contributed by atoms with Gasteiger partial charge in [0, 0.05) is 41.8 Å². The van der Waals surface area contributed by atoms with Gasteiger partial charge in [0.1, 0.15) is 5.69 Å². The molecule has 0 spiro atoms. The number of benzene rings is 1. The fourth-order valence-corrected chi connectivity index (χ4v) is 4.57. The summed E-state index contributed by atoms with van der Waals surface area (Å²) in [5, 5.41) is 10.0. The van der Waals surface area contributed by atoms with Crippen LogP contribution in [0.5, 0.6) is 0 Å². The predicted octanol–water partition coefficient (Wildman–Crippen LogP) is 4.74. The molecule has 1 aromatic carbocycles. The van der Waals surface area contributed by atoms with Crippen molar-refractivity contribution in [2.45, 2.75) is 19.3 Å². The van der Waals surface area contributed by atoms with Crippen LogP contribution in [0.2, 0.25) is 0 Å². The molecule has 0 bridgehead atoms. The molecule has 7 nitrogen and oxygen atoms in total. The number of rotatable bonds is 3. The molecule has 0 radical (unpaired) electrons. The first kappa shape index (κ1) is 17.9. The summed E-state index contributed by atoms with van der Waals surface area (Å²) in [6.07, 6.45) is 11.1. The number of nitrogens with one attached hydrogen (secondary N) is 2. The number of H-pyrrole nitrogens is 2. The number of fused-ring (bicyclic) bond motifs is 2. The lowest BCUT2D eigenvalue weighted by Gasteiger charge is -2.28. The average molecular weight is 409 g/mol. The van der Waals surface area contributed by atoms with E-state index in [1.807, 2.05) is 30.7 Å². The Hall–Kier alpha value is -3.87. The van der Waals surface area contributed by atoms with Gasteiger partial charge in [-0.1, -0.05) is 6.07 Å². The zero-order valence-electron chi connectivity index (χ0n) is 17.1. The van der Waals surface area contributed by atoms with E-state index in [4.69, 9.17) is 5.73 Å². The van der Waals surface area contributed by atoms with E-state index in [0.717, 1.165) is 52.0 Å². The molecule has 7 heteroatoms. The Bertz CT molecular complexity index is 1390. The number of piperidine rings is 1. The highest BCUT2D eigenvalue weighted by Crippen LogP contribution is 2.35. The van der Waals surface area contributed by atoms with E-state index >= 15 is 0 Å². The SMILES string of the molecule is Nc1cncc(-c2ccc3[nH]nc(-c4cc5c(N6CCCCC6)cncc5[nH]4)c3c2)c1. The van der Waals surface area contributed by atoms with Crippen molar-refractivity contribution in [2.75, 3.05) is 23.7 Å². The Balaban J connectivity index is 1.46. The van der Waals surface area contributed by atoms with E-state index in [1.54, 1.807) is 6.20 Å². The van der Waals surface area contributed by atoms with Gasteiger partial charge in [0.2, 0.25) is 0 Å². The Morgan fingerprint density at radius 3 is 2.55 bits per heavy atom. The molecule has 6 rings (SSSR count). The van der Waals surface area contributed by atoms with Crippen molar-refractivity contribution < 1.29 is 0 Å². The van der Waals surface area contributed by atoms with Gasteiger partial charge >= 0.3 is 0 Å². The van der Waals surface area contributed by atoms with Gasteiger partial charge in [-0.25, -0.2) is 0 Å². The minimum Gasteiger partial charge on any atom is -0.397 e. The summed E-state index contributed by atoms with van der Waals surface area (Å²) in [4.78, 5) is 14.7. The molecule has 1 saturated heterocycles. The highest BCUT2D eigenvalue weighted by molar-refractivity contribution is 6.00. The quantitative estimate of drug-likeness (QED) is 0.400. The van der Waals surface area contributed by atoms with Gasteiger partial charge < -0.3 is 15.6 Å². The third-order valence-corrected chi connectivity index (χ3v) is 6.13. The second-order valence-electron chi connectivity index (χ2n) is 8.19. The maximum Gasteiger partial charge on any atom is 0.116 e. The number of hydrogen-bond donors (Lipinski definition) is 3. The van der Waals surface area contributed by atoms with Crippen molar-refractivity contribution in [1.82, 2.24) is 25.1 Å². The van der Waals surface area contributed by atoms with Gasteiger partial charge in [-0.05, 0) is 49.1 Å². The summed E-state index contributed by atoms with van der Waals surface area (Å²) in [7, 11) is 0. The second kappa shape index (κ2) is 7.12. The van der Waals surface area contributed by atoms with E-state index in [9.17, 15) is 0 Å². The summed E-state index contributed by atoms with van der Waals surface area (Å²) < 4.78 is 0. The molecular formula is C24H23N7. The Morgan fingerprint density at radius 1 is 0.806 bits per heavy atom. The fourth-order valence-electron chi connectivity index (χ4n) is 4.57. The van der Waals surface area contributed by atoms with Crippen LogP contribution in [0.4, 0.5) is 11.4 Å². The molecule has 0 unspecified atom stereocenters. The monoisotopic (exact) mass is 409 g/mol. The van der Waals surface area contributed by atoms with Gasteiger partial charge in [-0.15, -0.1) is 0 Å². The Morgan fingerprint density at radius 2 is 1.68 bits per heavy atom. The highest BCUT2D eigenvalue weighted by Gasteiger charge is 2.18. The number of nitrogens with zero attached hydrogens (tertiary/aromatic N) is 4. The van der Waals surface area contributed by atoms with Crippen LogP contribution >= 0.6 is 0 Å². The van der Waals surface area contributed by atoms with Crippen LogP contribution in [0.3, 0.4) is 0 Å². The van der Waals surface area contributed by atoms with Crippen LogP contribution in [0.1, 0.15) is 19.3 Å². The molecule has 31 heavy (non-hydrogen) atoms. The van der Waals surface area contributed by atoms with Crippen LogP contribution in [-0.4, -0.2) is 38.2 Å². The van der Waals surface area contributed by atoms with Crippen molar-refractivity contribution in [3.63, 3.8) is 0 Å². The van der Waals surface area contributed by atoms with Crippen LogP contribution < -0.4 is 10.6 Å². The van der Waals surface area contributed by atoms with Crippen LogP contribution in [0.25, 0.3) is 44.3 Å². The van der Waals surface area contributed by atoms with Gasteiger partial charge in [-0.3, -0.25) is 15.1 Å². The number of nitrogen functional groups attached to an aromatic ring is 1. The molecule has 0 atom stereocenters. The third-order valence-electron chi connectivity index (χ3n) is 6.13. The third kappa shape index (κ3) is 3.09. The van der Waals surface area contributed by atoms with Crippen molar-refractivity contribution >= 4 is 33.2 Å². The lowest BCUT2D eigenvalue weighted by atomic mass is 10.0. The molecule has 1 aliphatic rings. The second-order valence-corrected chi connectivity index (χ2v) is 8.19. The van der Waals surface area contributed by atoms with Gasteiger partial charge in [0.05, 0.1) is 40.5 Å². The summed E-state index contributed by atoms with van der Waals surface area (Å²) >= 11 is 0. The van der Waals surface area contributed by atoms with Crippen LogP contribution in [0, 0.1) is 0 Å². The van der Waals surface area contributed by atoms with Crippen molar-refractivity contribution in [1.29, 1.82) is 0 Å². The normalized spacial score (nSPS) is 14.5. The smallest absolute Gasteiger partial charge is 0.116 e. The van der Waals surface area contributed by atoms with E-state index in [1.165, 1.54) is 30.3 Å². The van der Waals surface area contributed by atoms with Crippen molar-refractivity contribution in [3.8, 4) is 22.5 Å². The number of anilines is 2. The first-order valence-corrected chi connectivity index (χ1v) is 10.7. The number of nitrogens with two attached hydrogens (primary N) is 1. The summed E-state index contributed by atoms with van der Waals surface area (Å²) in [6.45, 7) is 2.18. The summed E-state index contributed by atoms with van der Waals surface area (Å²) in [5.41, 5.74) is 13.7. The van der Waals surface area contributed by atoms with Gasteiger partial charge in [0.15, 0.2) is 0 Å². The largest absolute Gasteiger partial charge is 0.397 e. The van der Waals surface area contributed by atoms with E-state index in [-0.39, 0.29) is 0 Å². The number of hydrogen-bond acceptors (Lipinski definition) is 5. The predicted molar refractivity (Wildman–Crippen MR) is 125 cm³/mol. The first-order chi connectivity index (χ1) is 15.3. The van der Waals surface area contributed by atoms with Crippen LogP contribution in [-0.2, 0) is 0 Å². The molecule has 1 aliphatic heterocycles. The number of aromatic amines is 2. The zero-order valence-corrected chi connectivity index (χ0v) is 17.1. The maximum absolute atomic E-state index is 5.93. The minimum absolute atomic E-state index is 0.651. The molecule has 4 N–H and O–H groups in total. The van der Waals surface area contributed by atoms with E-state index < -0.39 is 0 Å². The number of aromatic nitrogens is 5. The molecule has 4 aromatic heterocycles. The minimum atomic E-state index is 0.651. The zero-order chi connectivity index (χ0) is 20.8.